The van der Waals surface area contributed by atoms with E-state index in [1.165, 1.54) is 25.8 Å². The summed E-state index contributed by atoms with van der Waals surface area (Å²) in [5, 5.41) is 2.65. The zero-order valence-electron chi connectivity index (χ0n) is 15.5. The molecule has 1 aliphatic rings. The van der Waals surface area contributed by atoms with Gasteiger partial charge in [0.25, 0.3) is 5.56 Å². The van der Waals surface area contributed by atoms with Gasteiger partial charge in [-0.3, -0.25) is 18.7 Å². The third kappa shape index (κ3) is 3.16. The van der Waals surface area contributed by atoms with E-state index < -0.39 is 17.2 Å². The third-order valence-corrected chi connectivity index (χ3v) is 5.23. The summed E-state index contributed by atoms with van der Waals surface area (Å²) >= 11 is 3.48. The Morgan fingerprint density at radius 3 is 2.56 bits per heavy atom. The number of carbonyl (C=O) groups excluding carboxylic acids is 1. The average Bonchev–Trinajstić information content (AvgIpc) is 2.65. The number of aromatic nitrogens is 2. The number of nitrogens with zero attached hydrogens (tertiary/aromatic N) is 2. The molecule has 1 aromatic carbocycles. The molecule has 9 heteroatoms. The zero-order chi connectivity index (χ0) is 19.9. The number of benzene rings is 1. The molecule has 0 saturated carbocycles. The zero-order valence-corrected chi connectivity index (χ0v) is 17.0. The summed E-state index contributed by atoms with van der Waals surface area (Å²) < 4.78 is 14.0. The maximum absolute atomic E-state index is 12.8. The van der Waals surface area contributed by atoms with Gasteiger partial charge in [0.05, 0.1) is 23.8 Å². The van der Waals surface area contributed by atoms with E-state index in [2.05, 4.69) is 21.2 Å². The molecule has 0 aliphatic carbocycles. The van der Waals surface area contributed by atoms with Crippen LogP contribution in [0.4, 0.5) is 5.82 Å². The topological polar surface area (TPSA) is 91.6 Å². The van der Waals surface area contributed by atoms with Crippen molar-refractivity contribution < 1.29 is 14.3 Å². The summed E-state index contributed by atoms with van der Waals surface area (Å²) in [5.41, 5.74) is 0.165. The van der Waals surface area contributed by atoms with Crippen LogP contribution in [0.3, 0.4) is 0 Å². The van der Waals surface area contributed by atoms with Crippen LogP contribution in [0.15, 0.2) is 26.2 Å². The smallest absolute Gasteiger partial charge is 0.332 e. The molecule has 1 aliphatic heterocycles. The number of amides is 1. The molecule has 2 aromatic rings. The highest BCUT2D eigenvalue weighted by molar-refractivity contribution is 9.10. The second-order valence-electron chi connectivity index (χ2n) is 6.24. The molecule has 1 amide bonds. The van der Waals surface area contributed by atoms with E-state index in [1.54, 1.807) is 6.07 Å². The highest BCUT2D eigenvalue weighted by Crippen LogP contribution is 2.42. The summed E-state index contributed by atoms with van der Waals surface area (Å²) in [6.07, 6.45) is 0.0873. The molecule has 1 aromatic heterocycles. The first-order valence-corrected chi connectivity index (χ1v) is 9.19. The summed E-state index contributed by atoms with van der Waals surface area (Å²) in [5.74, 6) is 0.501. The number of rotatable bonds is 4. The third-order valence-electron chi connectivity index (χ3n) is 4.64. The molecule has 0 radical (unpaired) electrons. The first-order valence-electron chi connectivity index (χ1n) is 8.40. The summed E-state index contributed by atoms with van der Waals surface area (Å²) in [4.78, 5) is 37.3. The Labute approximate surface area is 163 Å². The van der Waals surface area contributed by atoms with Gasteiger partial charge in [-0.2, -0.15) is 0 Å². The second kappa shape index (κ2) is 7.22. The van der Waals surface area contributed by atoms with Crippen molar-refractivity contribution >= 4 is 27.7 Å². The molecule has 0 saturated heterocycles. The Morgan fingerprint density at radius 1 is 1.22 bits per heavy atom. The number of nitrogens with one attached hydrogen (secondary N) is 1. The van der Waals surface area contributed by atoms with Crippen molar-refractivity contribution in [2.45, 2.75) is 19.3 Å². The van der Waals surface area contributed by atoms with Crippen molar-refractivity contribution in [3.05, 3.63) is 48.6 Å². The van der Waals surface area contributed by atoms with Crippen LogP contribution in [0, 0.1) is 0 Å². The predicted octanol–water partition coefficient (Wildman–Crippen LogP) is 1.73. The van der Waals surface area contributed by atoms with Gasteiger partial charge in [0.2, 0.25) is 5.91 Å². The summed E-state index contributed by atoms with van der Waals surface area (Å²) in [6.45, 7) is 2.33. The van der Waals surface area contributed by atoms with E-state index in [9.17, 15) is 14.4 Å². The first kappa shape index (κ1) is 19.2. The molecule has 0 spiro atoms. The SMILES string of the molecule is CCOc1c(Br)cc([C@H]2CC(=O)Nc3c2c(=O)n(C)c(=O)n3C)cc1OC. The molecule has 27 heavy (non-hydrogen) atoms. The number of fused-ring (bicyclic) bond motifs is 1. The fraction of sp³-hybridized carbons (Fsp3) is 0.389. The van der Waals surface area contributed by atoms with Gasteiger partial charge in [0.15, 0.2) is 11.5 Å². The van der Waals surface area contributed by atoms with Gasteiger partial charge in [0.1, 0.15) is 5.82 Å². The molecule has 144 valence electrons. The Kier molecular flexibility index (Phi) is 5.14. The van der Waals surface area contributed by atoms with Gasteiger partial charge in [-0.05, 0) is 40.5 Å². The van der Waals surface area contributed by atoms with Gasteiger partial charge in [-0.1, -0.05) is 0 Å². The Morgan fingerprint density at radius 2 is 1.93 bits per heavy atom. The molecule has 1 N–H and O–H groups in total. The number of methoxy groups -OCH3 is 1. The predicted molar refractivity (Wildman–Crippen MR) is 104 cm³/mol. The molecule has 0 unspecified atom stereocenters. The minimum Gasteiger partial charge on any atom is -0.493 e. The quantitative estimate of drug-likeness (QED) is 0.785. The number of hydrogen-bond donors (Lipinski definition) is 1. The van der Waals surface area contributed by atoms with E-state index in [-0.39, 0.29) is 18.1 Å². The standard InChI is InChI=1S/C18H20BrN3O5/c1-5-27-15-11(19)6-9(7-12(15)26-4)10-8-13(23)20-16-14(10)17(24)22(3)18(25)21(16)2/h6-7,10H,5,8H2,1-4H3,(H,20,23)/t10-/m1/s1. The Balaban J connectivity index is 2.26. The minimum atomic E-state index is -0.514. The molecule has 1 atom stereocenters. The number of halogens is 1. The molecule has 8 nitrogen and oxygen atoms in total. The lowest BCUT2D eigenvalue weighted by Gasteiger charge is -2.27. The van der Waals surface area contributed by atoms with Crippen LogP contribution in [-0.2, 0) is 18.9 Å². The van der Waals surface area contributed by atoms with E-state index in [4.69, 9.17) is 9.47 Å². The van der Waals surface area contributed by atoms with E-state index >= 15 is 0 Å². The van der Waals surface area contributed by atoms with Gasteiger partial charge in [-0.25, -0.2) is 4.79 Å². The van der Waals surface area contributed by atoms with Crippen LogP contribution in [-0.4, -0.2) is 28.8 Å². The lowest BCUT2D eigenvalue weighted by Crippen LogP contribution is -2.44. The molecule has 0 fully saturated rings. The highest BCUT2D eigenvalue weighted by atomic mass is 79.9. The van der Waals surface area contributed by atoms with Gasteiger partial charge >= 0.3 is 5.69 Å². The number of anilines is 1. The fourth-order valence-corrected chi connectivity index (χ4v) is 3.89. The fourth-order valence-electron chi connectivity index (χ4n) is 3.32. The maximum atomic E-state index is 12.8. The lowest BCUT2D eigenvalue weighted by molar-refractivity contribution is -0.116. The molecule has 0 bridgehead atoms. The van der Waals surface area contributed by atoms with Crippen LogP contribution in [0.25, 0.3) is 0 Å². The molecular weight excluding hydrogens is 418 g/mol. The van der Waals surface area contributed by atoms with Gasteiger partial charge in [-0.15, -0.1) is 0 Å². The number of hydrogen-bond acceptors (Lipinski definition) is 5. The van der Waals surface area contributed by atoms with Crippen molar-refractivity contribution in [1.82, 2.24) is 9.13 Å². The van der Waals surface area contributed by atoms with Crippen molar-refractivity contribution in [1.29, 1.82) is 0 Å². The molecular formula is C18H20BrN3O5. The average molecular weight is 438 g/mol. The molecule has 2 heterocycles. The summed E-state index contributed by atoms with van der Waals surface area (Å²) in [6, 6.07) is 3.57. The largest absolute Gasteiger partial charge is 0.493 e. The van der Waals surface area contributed by atoms with E-state index in [1.807, 2.05) is 13.0 Å². The lowest BCUT2D eigenvalue weighted by atomic mass is 9.86. The second-order valence-corrected chi connectivity index (χ2v) is 7.09. The van der Waals surface area contributed by atoms with Gasteiger partial charge < -0.3 is 14.8 Å². The minimum absolute atomic E-state index is 0.0873. The number of carbonyl (C=O) groups is 1. The van der Waals surface area contributed by atoms with E-state index in [0.717, 1.165) is 4.57 Å². The maximum Gasteiger partial charge on any atom is 0.332 e. The Hall–Kier alpha value is -2.55. The van der Waals surface area contributed by atoms with Crippen LogP contribution in [0.2, 0.25) is 0 Å². The van der Waals surface area contributed by atoms with E-state index in [0.29, 0.717) is 33.7 Å². The number of ether oxygens (including phenoxy) is 2. The van der Waals surface area contributed by atoms with Crippen LogP contribution in [0.1, 0.15) is 30.4 Å². The normalized spacial score (nSPS) is 15.9. The Bertz CT molecular complexity index is 1040. The van der Waals surface area contributed by atoms with Crippen LogP contribution >= 0.6 is 15.9 Å². The van der Waals surface area contributed by atoms with Crippen LogP contribution in [0.5, 0.6) is 11.5 Å². The van der Waals surface area contributed by atoms with Crippen molar-refractivity contribution in [2.24, 2.45) is 14.1 Å². The summed E-state index contributed by atoms with van der Waals surface area (Å²) in [7, 11) is 4.48. The highest BCUT2D eigenvalue weighted by Gasteiger charge is 2.33. The van der Waals surface area contributed by atoms with Gasteiger partial charge in [0, 0.05) is 26.4 Å². The van der Waals surface area contributed by atoms with Crippen LogP contribution < -0.4 is 26.0 Å². The molecule has 3 rings (SSSR count). The first-order chi connectivity index (χ1) is 12.8. The van der Waals surface area contributed by atoms with Crippen molar-refractivity contribution in [3.63, 3.8) is 0 Å². The van der Waals surface area contributed by atoms with Crippen molar-refractivity contribution in [3.8, 4) is 11.5 Å². The monoisotopic (exact) mass is 437 g/mol. The van der Waals surface area contributed by atoms with Crippen molar-refractivity contribution in [2.75, 3.05) is 19.0 Å².